The van der Waals surface area contributed by atoms with Crippen LogP contribution in [0.15, 0.2) is 46.2 Å². The van der Waals surface area contributed by atoms with Gasteiger partial charge in [0.2, 0.25) is 5.92 Å². The monoisotopic (exact) mass is 608 g/mol. The SMILES string of the molecule is CN1Sc2cc(OCC3(CO)COC3)c(SC3CC(F)(F)C3)cc2N(c2ccc(F)cc2)CC1CCC(F)(F)F. The first-order chi connectivity index (χ1) is 18.9. The van der Waals surface area contributed by atoms with Gasteiger partial charge in [-0.15, -0.1) is 11.8 Å². The second-order valence-corrected chi connectivity index (χ2v) is 13.3. The fourth-order valence-electron chi connectivity index (χ4n) is 4.85. The minimum atomic E-state index is -4.31. The van der Waals surface area contributed by atoms with Gasteiger partial charge in [-0.05, 0) is 61.8 Å². The first-order valence-electron chi connectivity index (χ1n) is 12.9. The van der Waals surface area contributed by atoms with Crippen molar-refractivity contribution in [2.75, 3.05) is 44.9 Å². The minimum absolute atomic E-state index is 0.133. The summed E-state index contributed by atoms with van der Waals surface area (Å²) in [5.74, 6) is -2.70. The lowest BCUT2D eigenvalue weighted by Crippen LogP contribution is -2.50. The largest absolute Gasteiger partial charge is 0.492 e. The summed E-state index contributed by atoms with van der Waals surface area (Å²) in [6.45, 7) is 0.902. The number of hydrogen-bond donors (Lipinski definition) is 1. The Morgan fingerprint density at radius 1 is 1.15 bits per heavy atom. The van der Waals surface area contributed by atoms with E-state index in [1.54, 1.807) is 29.6 Å². The standard InChI is InChI=1S/C27H30F6N2O3S2/c1-34-19(6-7-27(31,32)33)12-35(18-4-2-17(28)3-5-18)21-8-24(39-20-10-26(29,30)11-20)22(9-23(21)40-34)38-16-25(13-36)14-37-15-25/h2-5,8-9,19-20,36H,6-7,10-16H2,1H3. The number of thioether (sulfide) groups is 1. The van der Waals surface area contributed by atoms with E-state index < -0.39 is 35.8 Å². The van der Waals surface area contributed by atoms with Crippen molar-refractivity contribution in [3.05, 3.63) is 42.2 Å². The number of alkyl halides is 5. The summed E-state index contributed by atoms with van der Waals surface area (Å²) in [4.78, 5) is 3.17. The van der Waals surface area contributed by atoms with Crippen LogP contribution in [0, 0.1) is 11.2 Å². The van der Waals surface area contributed by atoms with Gasteiger partial charge in [-0.1, -0.05) is 0 Å². The number of hydrogen-bond acceptors (Lipinski definition) is 7. The summed E-state index contributed by atoms with van der Waals surface area (Å²) in [6.07, 6.45) is -5.93. The Morgan fingerprint density at radius 2 is 1.85 bits per heavy atom. The number of fused-ring (bicyclic) bond motifs is 1. The molecule has 2 aromatic rings. The molecule has 40 heavy (non-hydrogen) atoms. The maximum absolute atomic E-state index is 13.8. The van der Waals surface area contributed by atoms with Gasteiger partial charge in [-0.3, -0.25) is 0 Å². The minimum Gasteiger partial charge on any atom is -0.492 e. The molecule has 1 N–H and O–H groups in total. The summed E-state index contributed by atoms with van der Waals surface area (Å²) in [5.41, 5.74) is 0.717. The normalized spacial score (nSPS) is 22.7. The maximum Gasteiger partial charge on any atom is 0.389 e. The second-order valence-electron chi connectivity index (χ2n) is 10.7. The zero-order valence-electron chi connectivity index (χ0n) is 21.7. The van der Waals surface area contributed by atoms with Crippen LogP contribution in [0.25, 0.3) is 0 Å². The van der Waals surface area contributed by atoms with Crippen LogP contribution < -0.4 is 9.64 Å². The summed E-state index contributed by atoms with van der Waals surface area (Å²) in [6, 6.07) is 8.83. The van der Waals surface area contributed by atoms with Crippen molar-refractivity contribution in [3.63, 3.8) is 0 Å². The average Bonchev–Trinajstić information content (AvgIpc) is 2.97. The van der Waals surface area contributed by atoms with Crippen molar-refractivity contribution in [2.45, 2.75) is 58.9 Å². The van der Waals surface area contributed by atoms with Crippen molar-refractivity contribution in [3.8, 4) is 5.75 Å². The molecule has 1 saturated heterocycles. The topological polar surface area (TPSA) is 45.2 Å². The van der Waals surface area contributed by atoms with Gasteiger partial charge in [0.15, 0.2) is 0 Å². The molecule has 0 aromatic heterocycles. The van der Waals surface area contributed by atoms with Crippen LogP contribution in [-0.2, 0) is 4.74 Å². The maximum atomic E-state index is 13.8. The van der Waals surface area contributed by atoms with Crippen molar-refractivity contribution < 1.29 is 40.9 Å². The van der Waals surface area contributed by atoms with Crippen LogP contribution in [-0.4, -0.2) is 72.8 Å². The van der Waals surface area contributed by atoms with Crippen LogP contribution in [0.5, 0.6) is 5.75 Å². The number of ether oxygens (including phenoxy) is 2. The molecule has 220 valence electrons. The Balaban J connectivity index is 1.51. The molecule has 1 atom stereocenters. The Labute approximate surface area is 237 Å². The molecule has 1 aliphatic carbocycles. The molecular weight excluding hydrogens is 578 g/mol. The van der Waals surface area contributed by atoms with Gasteiger partial charge in [0, 0.05) is 42.8 Å². The van der Waals surface area contributed by atoms with Crippen LogP contribution in [0.4, 0.5) is 37.7 Å². The molecule has 1 unspecified atom stereocenters. The number of rotatable bonds is 9. The number of anilines is 2. The zero-order valence-corrected chi connectivity index (χ0v) is 23.4. The molecule has 2 fully saturated rings. The Kier molecular flexibility index (Phi) is 8.51. The van der Waals surface area contributed by atoms with E-state index in [2.05, 4.69) is 0 Å². The Bertz CT molecular complexity index is 1180. The van der Waals surface area contributed by atoms with Crippen molar-refractivity contribution >= 4 is 35.1 Å². The molecule has 0 radical (unpaired) electrons. The Hall–Kier alpha value is -1.80. The molecule has 5 nitrogen and oxygen atoms in total. The third-order valence-electron chi connectivity index (χ3n) is 7.40. The molecule has 2 aliphatic heterocycles. The van der Waals surface area contributed by atoms with E-state index in [1.165, 1.54) is 35.8 Å². The van der Waals surface area contributed by atoms with Gasteiger partial charge >= 0.3 is 6.18 Å². The molecule has 13 heteroatoms. The molecule has 3 aliphatic rings. The molecular formula is C27H30F6N2O3S2. The lowest BCUT2D eigenvalue weighted by atomic mass is 9.88. The highest BCUT2D eigenvalue weighted by atomic mass is 32.2. The summed E-state index contributed by atoms with van der Waals surface area (Å²) >= 11 is 2.56. The molecule has 5 rings (SSSR count). The second kappa shape index (κ2) is 11.5. The zero-order chi connectivity index (χ0) is 28.7. The van der Waals surface area contributed by atoms with E-state index in [-0.39, 0.29) is 44.3 Å². The molecule has 0 bridgehead atoms. The third kappa shape index (κ3) is 6.80. The molecule has 1 saturated carbocycles. The van der Waals surface area contributed by atoms with Crippen LogP contribution >= 0.6 is 23.7 Å². The Morgan fingerprint density at radius 3 is 2.42 bits per heavy atom. The predicted molar refractivity (Wildman–Crippen MR) is 142 cm³/mol. The van der Waals surface area contributed by atoms with Crippen molar-refractivity contribution in [1.82, 2.24) is 4.31 Å². The van der Waals surface area contributed by atoms with Gasteiger partial charge in [0.25, 0.3) is 0 Å². The van der Waals surface area contributed by atoms with Gasteiger partial charge in [0.05, 0.1) is 40.7 Å². The number of halogens is 6. The number of nitrogens with zero attached hydrogens (tertiary/aromatic N) is 2. The van der Waals surface area contributed by atoms with E-state index >= 15 is 0 Å². The van der Waals surface area contributed by atoms with Crippen molar-refractivity contribution in [2.24, 2.45) is 5.41 Å². The van der Waals surface area contributed by atoms with E-state index in [0.717, 1.165) is 0 Å². The highest BCUT2D eigenvalue weighted by Crippen LogP contribution is 2.52. The number of aliphatic hydroxyl groups excluding tert-OH is 1. The first kappa shape index (κ1) is 29.7. The third-order valence-corrected chi connectivity index (χ3v) is 9.75. The van der Waals surface area contributed by atoms with E-state index in [9.17, 15) is 31.4 Å². The van der Waals surface area contributed by atoms with E-state index in [1.807, 2.05) is 11.0 Å². The van der Waals surface area contributed by atoms with Crippen molar-refractivity contribution in [1.29, 1.82) is 0 Å². The quantitative estimate of drug-likeness (QED) is 0.245. The molecule has 0 amide bonds. The van der Waals surface area contributed by atoms with Crippen LogP contribution in [0.3, 0.4) is 0 Å². The lowest BCUT2D eigenvalue weighted by molar-refractivity contribution is -0.153. The average molecular weight is 609 g/mol. The van der Waals surface area contributed by atoms with Gasteiger partial charge < -0.3 is 19.5 Å². The summed E-state index contributed by atoms with van der Waals surface area (Å²) in [5, 5.41) is 9.52. The van der Waals surface area contributed by atoms with Gasteiger partial charge in [-0.25, -0.2) is 17.5 Å². The highest BCUT2D eigenvalue weighted by Gasteiger charge is 2.46. The smallest absolute Gasteiger partial charge is 0.389 e. The number of aliphatic hydroxyl groups is 1. The van der Waals surface area contributed by atoms with Gasteiger partial charge in [0.1, 0.15) is 18.2 Å². The summed E-state index contributed by atoms with van der Waals surface area (Å²) in [7, 11) is 1.73. The lowest BCUT2D eigenvalue weighted by Gasteiger charge is -2.39. The molecule has 2 heterocycles. The number of likely N-dealkylation sites (N-methyl/N-ethyl adjacent to an activating group) is 1. The van der Waals surface area contributed by atoms with Gasteiger partial charge in [-0.2, -0.15) is 13.2 Å². The fraction of sp³-hybridized carbons (Fsp3) is 0.556. The molecule has 0 spiro atoms. The molecule has 2 aromatic carbocycles. The van der Waals surface area contributed by atoms with Crippen LogP contribution in [0.1, 0.15) is 25.7 Å². The van der Waals surface area contributed by atoms with E-state index in [4.69, 9.17) is 9.47 Å². The fourth-order valence-corrected chi connectivity index (χ4v) is 7.33. The summed E-state index contributed by atoms with van der Waals surface area (Å²) < 4.78 is 93.8. The van der Waals surface area contributed by atoms with E-state index in [0.29, 0.717) is 40.1 Å². The predicted octanol–water partition coefficient (Wildman–Crippen LogP) is 6.90. The highest BCUT2D eigenvalue weighted by molar-refractivity contribution is 8.00. The number of benzene rings is 2. The first-order valence-corrected chi connectivity index (χ1v) is 14.6. The van der Waals surface area contributed by atoms with Crippen LogP contribution in [0.2, 0.25) is 0 Å².